The molecule has 0 aliphatic heterocycles. The molecule has 108 valence electrons. The van der Waals surface area contributed by atoms with Crippen LogP contribution in [0, 0.1) is 0 Å². The van der Waals surface area contributed by atoms with Gasteiger partial charge in [-0.15, -0.1) is 0 Å². The lowest BCUT2D eigenvalue weighted by Gasteiger charge is -2.01. The fourth-order valence-corrected chi connectivity index (χ4v) is 2.04. The summed E-state index contributed by atoms with van der Waals surface area (Å²) in [4.78, 5) is 19.3. The summed E-state index contributed by atoms with van der Waals surface area (Å²) in [6, 6.07) is 11.4. The molecule has 0 radical (unpaired) electrons. The standard InChI is InChI=1S/C17H19N3O/c1-3-7-16-14(11-19-12(2)18)10-15(17(21)20-16)13-8-5-4-6-9-13/h4-11H,3H2,1-2H3,(H2,18,19)(H,20,21)/b14-11-,16-7-. The van der Waals surface area contributed by atoms with Gasteiger partial charge in [-0.2, -0.15) is 0 Å². The first kappa shape index (κ1) is 14.8. The van der Waals surface area contributed by atoms with Crippen LogP contribution in [0.25, 0.3) is 23.4 Å². The van der Waals surface area contributed by atoms with Crippen molar-refractivity contribution >= 4 is 18.1 Å². The highest BCUT2D eigenvalue weighted by Gasteiger charge is 2.03. The molecule has 1 heterocycles. The third-order valence-corrected chi connectivity index (χ3v) is 3.00. The smallest absolute Gasteiger partial charge is 0.256 e. The Hall–Kier alpha value is -2.62. The molecule has 3 N–H and O–H groups in total. The number of nitrogens with two attached hydrogens (primary N) is 1. The van der Waals surface area contributed by atoms with E-state index >= 15 is 0 Å². The van der Waals surface area contributed by atoms with Crippen LogP contribution < -0.4 is 21.9 Å². The molecule has 0 atom stereocenters. The average Bonchev–Trinajstić information content (AvgIpc) is 2.47. The van der Waals surface area contributed by atoms with Gasteiger partial charge in [-0.1, -0.05) is 43.3 Å². The van der Waals surface area contributed by atoms with Gasteiger partial charge in [0.2, 0.25) is 0 Å². The number of aliphatic imine (C=N–C) groups is 1. The number of aromatic nitrogens is 1. The predicted molar refractivity (Wildman–Crippen MR) is 88.3 cm³/mol. The van der Waals surface area contributed by atoms with Crippen LogP contribution in [0.5, 0.6) is 0 Å². The monoisotopic (exact) mass is 281 g/mol. The van der Waals surface area contributed by atoms with Crippen LogP contribution in [-0.2, 0) is 0 Å². The number of aromatic amines is 1. The van der Waals surface area contributed by atoms with Gasteiger partial charge in [0, 0.05) is 22.3 Å². The number of benzene rings is 1. The lowest BCUT2D eigenvalue weighted by molar-refractivity contribution is 1.13. The summed E-state index contributed by atoms with van der Waals surface area (Å²) >= 11 is 0. The highest BCUT2D eigenvalue weighted by Crippen LogP contribution is 2.11. The van der Waals surface area contributed by atoms with Gasteiger partial charge in [0.1, 0.15) is 0 Å². The van der Waals surface area contributed by atoms with E-state index in [9.17, 15) is 4.79 Å². The summed E-state index contributed by atoms with van der Waals surface area (Å²) in [5.41, 5.74) is 6.98. The SMILES string of the molecule is CC/C=c1\[nH]c(=O)c(-c2ccccc2)c\c1=C\N=C(C)N. The van der Waals surface area contributed by atoms with Gasteiger partial charge < -0.3 is 10.7 Å². The molecule has 4 heteroatoms. The van der Waals surface area contributed by atoms with Gasteiger partial charge in [0.25, 0.3) is 5.56 Å². The summed E-state index contributed by atoms with van der Waals surface area (Å²) in [7, 11) is 0. The maximum absolute atomic E-state index is 12.3. The summed E-state index contributed by atoms with van der Waals surface area (Å²) in [6.07, 6.45) is 4.47. The lowest BCUT2D eigenvalue weighted by Crippen LogP contribution is -2.35. The summed E-state index contributed by atoms with van der Waals surface area (Å²) in [6.45, 7) is 3.74. The largest absolute Gasteiger partial charge is 0.387 e. The first-order chi connectivity index (χ1) is 10.1. The maximum Gasteiger partial charge on any atom is 0.256 e. The number of amidine groups is 1. The second-order valence-electron chi connectivity index (χ2n) is 4.76. The molecule has 0 unspecified atom stereocenters. The normalized spacial score (nSPS) is 13.7. The van der Waals surface area contributed by atoms with Gasteiger partial charge >= 0.3 is 0 Å². The minimum atomic E-state index is -0.105. The maximum atomic E-state index is 12.3. The Morgan fingerprint density at radius 2 is 2.05 bits per heavy atom. The van der Waals surface area contributed by atoms with E-state index in [0.29, 0.717) is 11.4 Å². The predicted octanol–water partition coefficient (Wildman–Crippen LogP) is 1.35. The fourth-order valence-electron chi connectivity index (χ4n) is 2.04. The molecule has 2 aromatic rings. The van der Waals surface area contributed by atoms with E-state index in [4.69, 9.17) is 5.73 Å². The van der Waals surface area contributed by atoms with E-state index in [2.05, 4.69) is 9.98 Å². The molecule has 0 aliphatic carbocycles. The zero-order chi connectivity index (χ0) is 15.2. The molecule has 1 aromatic heterocycles. The first-order valence-corrected chi connectivity index (χ1v) is 6.91. The van der Waals surface area contributed by atoms with Crippen molar-refractivity contribution in [3.8, 4) is 11.1 Å². The highest BCUT2D eigenvalue weighted by atomic mass is 16.1. The van der Waals surface area contributed by atoms with Gasteiger partial charge in [-0.25, -0.2) is 4.99 Å². The molecule has 0 saturated heterocycles. The van der Waals surface area contributed by atoms with Crippen molar-refractivity contribution in [2.45, 2.75) is 20.3 Å². The lowest BCUT2D eigenvalue weighted by atomic mass is 10.1. The van der Waals surface area contributed by atoms with E-state index in [1.165, 1.54) is 0 Å². The van der Waals surface area contributed by atoms with Crippen LogP contribution in [0.4, 0.5) is 0 Å². The highest BCUT2D eigenvalue weighted by molar-refractivity contribution is 5.79. The quantitative estimate of drug-likeness (QED) is 0.658. The number of hydrogen-bond acceptors (Lipinski definition) is 2. The third-order valence-electron chi connectivity index (χ3n) is 3.00. The molecule has 4 nitrogen and oxygen atoms in total. The number of H-pyrrole nitrogens is 1. The zero-order valence-corrected chi connectivity index (χ0v) is 12.3. The number of rotatable bonds is 3. The zero-order valence-electron chi connectivity index (χ0n) is 12.3. The second kappa shape index (κ2) is 6.70. The molecular formula is C17H19N3O. The van der Waals surface area contributed by atoms with Crippen molar-refractivity contribution in [2.24, 2.45) is 10.7 Å². The average molecular weight is 281 g/mol. The summed E-state index contributed by atoms with van der Waals surface area (Å²) in [5.74, 6) is 0.477. The van der Waals surface area contributed by atoms with Gasteiger partial charge in [-0.05, 0) is 25.0 Å². The summed E-state index contributed by atoms with van der Waals surface area (Å²) < 4.78 is 0. The molecule has 0 spiro atoms. The van der Waals surface area contributed by atoms with Crippen molar-refractivity contribution in [2.75, 3.05) is 0 Å². The molecule has 21 heavy (non-hydrogen) atoms. The van der Waals surface area contributed by atoms with Crippen molar-refractivity contribution in [1.29, 1.82) is 0 Å². The molecule has 0 bridgehead atoms. The topological polar surface area (TPSA) is 71.2 Å². The number of hydrogen-bond donors (Lipinski definition) is 2. The Bertz CT molecular complexity index is 813. The van der Waals surface area contributed by atoms with Crippen LogP contribution in [0.3, 0.4) is 0 Å². The van der Waals surface area contributed by atoms with Crippen LogP contribution in [0.1, 0.15) is 20.3 Å². The van der Waals surface area contributed by atoms with E-state index in [0.717, 1.165) is 22.6 Å². The van der Waals surface area contributed by atoms with E-state index < -0.39 is 0 Å². The summed E-state index contributed by atoms with van der Waals surface area (Å²) in [5, 5.41) is 1.62. The van der Waals surface area contributed by atoms with Crippen LogP contribution in [0.15, 0.2) is 46.2 Å². The van der Waals surface area contributed by atoms with Crippen molar-refractivity contribution in [3.05, 3.63) is 57.3 Å². The van der Waals surface area contributed by atoms with E-state index in [1.807, 2.05) is 49.4 Å². The van der Waals surface area contributed by atoms with Gasteiger partial charge in [0.15, 0.2) is 0 Å². The van der Waals surface area contributed by atoms with Crippen LogP contribution in [-0.4, -0.2) is 10.8 Å². The Balaban J connectivity index is 2.75. The molecular weight excluding hydrogens is 262 g/mol. The number of nitrogens with one attached hydrogen (secondary N) is 1. The third kappa shape index (κ3) is 3.69. The molecule has 1 aromatic carbocycles. The molecule has 0 fully saturated rings. The number of nitrogens with zero attached hydrogens (tertiary/aromatic N) is 1. The molecule has 2 rings (SSSR count). The van der Waals surface area contributed by atoms with E-state index in [-0.39, 0.29) is 5.56 Å². The van der Waals surface area contributed by atoms with Gasteiger partial charge in [-0.3, -0.25) is 4.79 Å². The van der Waals surface area contributed by atoms with Gasteiger partial charge in [0.05, 0.1) is 5.84 Å². The van der Waals surface area contributed by atoms with Crippen LogP contribution in [0.2, 0.25) is 0 Å². The van der Waals surface area contributed by atoms with E-state index in [1.54, 1.807) is 13.1 Å². The first-order valence-electron chi connectivity index (χ1n) is 6.91. The Morgan fingerprint density at radius 1 is 1.33 bits per heavy atom. The Morgan fingerprint density at radius 3 is 2.67 bits per heavy atom. The molecule has 0 amide bonds. The Labute approximate surface area is 123 Å². The minimum Gasteiger partial charge on any atom is -0.387 e. The van der Waals surface area contributed by atoms with Crippen LogP contribution >= 0.6 is 0 Å². The Kier molecular flexibility index (Phi) is 4.72. The number of pyridine rings is 1. The second-order valence-corrected chi connectivity index (χ2v) is 4.76. The minimum absolute atomic E-state index is 0.105. The van der Waals surface area contributed by atoms with Crippen molar-refractivity contribution in [1.82, 2.24) is 4.98 Å². The molecule has 0 saturated carbocycles. The van der Waals surface area contributed by atoms with Crippen molar-refractivity contribution in [3.63, 3.8) is 0 Å². The fraction of sp³-hybridized carbons (Fsp3) is 0.176. The molecule has 0 aliphatic rings. The van der Waals surface area contributed by atoms with Crippen molar-refractivity contribution < 1.29 is 0 Å².